The van der Waals surface area contributed by atoms with Gasteiger partial charge >= 0.3 is 6.03 Å². The quantitative estimate of drug-likeness (QED) is 0.521. The van der Waals surface area contributed by atoms with Crippen molar-refractivity contribution in [2.75, 3.05) is 12.3 Å². The number of carbonyl (C=O) groups is 2. The summed E-state index contributed by atoms with van der Waals surface area (Å²) in [5, 5.41) is 2.61. The monoisotopic (exact) mass is 202 g/mol. The summed E-state index contributed by atoms with van der Waals surface area (Å²) in [5.74, 6) is 0.525. The van der Waals surface area contributed by atoms with Gasteiger partial charge in [-0.1, -0.05) is 0 Å². The minimum absolute atomic E-state index is 0.153. The van der Waals surface area contributed by atoms with Gasteiger partial charge in [-0.2, -0.15) is 12.6 Å². The van der Waals surface area contributed by atoms with E-state index in [4.69, 9.17) is 0 Å². The average molecular weight is 202 g/mol. The van der Waals surface area contributed by atoms with Gasteiger partial charge in [-0.15, -0.1) is 0 Å². The van der Waals surface area contributed by atoms with E-state index in [0.29, 0.717) is 12.3 Å². The van der Waals surface area contributed by atoms with Crippen molar-refractivity contribution < 1.29 is 9.59 Å². The lowest BCUT2D eigenvalue weighted by atomic mass is 10.1. The summed E-state index contributed by atoms with van der Waals surface area (Å²) in [7, 11) is 0. The van der Waals surface area contributed by atoms with Crippen molar-refractivity contribution in [2.24, 2.45) is 0 Å². The molecule has 3 amide bonds. The van der Waals surface area contributed by atoms with E-state index < -0.39 is 5.54 Å². The van der Waals surface area contributed by atoms with Crippen molar-refractivity contribution in [3.8, 4) is 0 Å². The molecule has 13 heavy (non-hydrogen) atoms. The van der Waals surface area contributed by atoms with Crippen LogP contribution in [0.25, 0.3) is 0 Å². The van der Waals surface area contributed by atoms with E-state index in [-0.39, 0.29) is 11.9 Å². The summed E-state index contributed by atoms with van der Waals surface area (Å²) >= 11 is 4.03. The summed E-state index contributed by atoms with van der Waals surface area (Å²) in [6.45, 7) is 3.86. The Morgan fingerprint density at radius 3 is 2.46 bits per heavy atom. The Morgan fingerprint density at radius 2 is 2.08 bits per heavy atom. The van der Waals surface area contributed by atoms with Gasteiger partial charge in [0.1, 0.15) is 5.54 Å². The van der Waals surface area contributed by atoms with Crippen LogP contribution in [0.3, 0.4) is 0 Å². The first-order valence-electron chi connectivity index (χ1n) is 4.24. The van der Waals surface area contributed by atoms with Crippen LogP contribution in [0.5, 0.6) is 0 Å². The zero-order chi connectivity index (χ0) is 10.1. The van der Waals surface area contributed by atoms with Crippen molar-refractivity contribution in [3.63, 3.8) is 0 Å². The third-order valence-corrected chi connectivity index (χ3v) is 2.30. The highest BCUT2D eigenvalue weighted by atomic mass is 32.1. The number of carbonyl (C=O) groups excluding carboxylic acids is 2. The number of amides is 3. The van der Waals surface area contributed by atoms with Crippen molar-refractivity contribution in [2.45, 2.75) is 25.8 Å². The lowest BCUT2D eigenvalue weighted by Gasteiger charge is -2.15. The fourth-order valence-electron chi connectivity index (χ4n) is 1.25. The summed E-state index contributed by atoms with van der Waals surface area (Å²) in [5.41, 5.74) is -0.742. The highest BCUT2D eigenvalue weighted by molar-refractivity contribution is 7.80. The molecule has 1 aliphatic heterocycles. The molecule has 0 aromatic heterocycles. The first-order valence-corrected chi connectivity index (χ1v) is 4.87. The van der Waals surface area contributed by atoms with Crippen LogP contribution in [0.4, 0.5) is 4.79 Å². The second kappa shape index (κ2) is 3.57. The summed E-state index contributed by atoms with van der Waals surface area (Å²) in [4.78, 5) is 24.1. The largest absolute Gasteiger partial charge is 0.325 e. The molecule has 1 rings (SSSR count). The van der Waals surface area contributed by atoms with Gasteiger partial charge in [0, 0.05) is 6.54 Å². The van der Waals surface area contributed by atoms with Crippen molar-refractivity contribution in [1.82, 2.24) is 10.2 Å². The predicted octanol–water partition coefficient (Wildman–Crippen LogP) is 0.637. The Labute approximate surface area is 83.1 Å². The molecule has 5 heteroatoms. The normalized spacial score (nSPS) is 20.7. The Kier molecular flexibility index (Phi) is 2.85. The molecule has 1 heterocycles. The zero-order valence-corrected chi connectivity index (χ0v) is 8.73. The smallest absolute Gasteiger partial charge is 0.324 e. The minimum atomic E-state index is -0.742. The third-order valence-electron chi connectivity index (χ3n) is 1.98. The molecule has 0 atom stereocenters. The molecule has 1 aliphatic rings. The van der Waals surface area contributed by atoms with Gasteiger partial charge in [-0.3, -0.25) is 9.69 Å². The first-order chi connectivity index (χ1) is 5.99. The van der Waals surface area contributed by atoms with Gasteiger partial charge in [0.2, 0.25) is 0 Å². The van der Waals surface area contributed by atoms with Gasteiger partial charge in [-0.25, -0.2) is 4.79 Å². The number of hydrogen-bond donors (Lipinski definition) is 2. The summed E-state index contributed by atoms with van der Waals surface area (Å²) < 4.78 is 0. The Hall–Kier alpha value is -0.710. The predicted molar refractivity (Wildman–Crippen MR) is 52.8 cm³/mol. The molecule has 0 bridgehead atoms. The van der Waals surface area contributed by atoms with E-state index in [2.05, 4.69) is 17.9 Å². The summed E-state index contributed by atoms with van der Waals surface area (Å²) in [6.07, 6.45) is 0.734. The molecular formula is C8H14N2O2S. The Bertz CT molecular complexity index is 240. The van der Waals surface area contributed by atoms with E-state index >= 15 is 0 Å². The molecule has 4 nitrogen and oxygen atoms in total. The van der Waals surface area contributed by atoms with E-state index in [0.717, 1.165) is 6.42 Å². The molecule has 0 radical (unpaired) electrons. The van der Waals surface area contributed by atoms with Gasteiger partial charge in [0.05, 0.1) is 0 Å². The highest BCUT2D eigenvalue weighted by Crippen LogP contribution is 2.16. The van der Waals surface area contributed by atoms with Crippen LogP contribution in [0.1, 0.15) is 20.3 Å². The standard InChI is InChI=1S/C8H14N2O2S/c1-8(2)6(11)10(4-3-5-13)7(12)9-8/h13H,3-5H2,1-2H3,(H,9,12). The molecule has 0 saturated carbocycles. The number of thiol groups is 1. The Balaban J connectivity index is 2.66. The second-order valence-corrected chi connectivity index (χ2v) is 4.04. The zero-order valence-electron chi connectivity index (χ0n) is 7.83. The van der Waals surface area contributed by atoms with Crippen molar-refractivity contribution >= 4 is 24.6 Å². The average Bonchev–Trinajstić information content (AvgIpc) is 2.21. The fraction of sp³-hybridized carbons (Fsp3) is 0.750. The molecule has 0 spiro atoms. The molecule has 1 fully saturated rings. The first kappa shape index (κ1) is 10.4. The van der Waals surface area contributed by atoms with Crippen LogP contribution < -0.4 is 5.32 Å². The molecule has 1 N–H and O–H groups in total. The highest BCUT2D eigenvalue weighted by Gasteiger charge is 2.43. The number of nitrogens with one attached hydrogen (secondary N) is 1. The van der Waals surface area contributed by atoms with Crippen molar-refractivity contribution in [3.05, 3.63) is 0 Å². The van der Waals surface area contributed by atoms with Crippen LogP contribution in [0, 0.1) is 0 Å². The maximum absolute atomic E-state index is 11.6. The summed E-state index contributed by atoms with van der Waals surface area (Å²) in [6, 6.07) is -0.295. The van der Waals surface area contributed by atoms with E-state index in [1.165, 1.54) is 4.90 Å². The van der Waals surface area contributed by atoms with E-state index in [9.17, 15) is 9.59 Å². The van der Waals surface area contributed by atoms with E-state index in [1.54, 1.807) is 13.8 Å². The fourth-order valence-corrected chi connectivity index (χ4v) is 1.39. The van der Waals surface area contributed by atoms with Crippen LogP contribution in [-0.2, 0) is 4.79 Å². The van der Waals surface area contributed by atoms with E-state index in [1.807, 2.05) is 0 Å². The molecule has 0 unspecified atom stereocenters. The minimum Gasteiger partial charge on any atom is -0.324 e. The second-order valence-electron chi connectivity index (χ2n) is 3.59. The molecule has 0 aliphatic carbocycles. The molecule has 74 valence electrons. The van der Waals surface area contributed by atoms with Crippen LogP contribution in [0.2, 0.25) is 0 Å². The number of rotatable bonds is 3. The van der Waals surface area contributed by atoms with Gasteiger partial charge in [0.25, 0.3) is 5.91 Å². The third kappa shape index (κ3) is 1.96. The topological polar surface area (TPSA) is 49.4 Å². The maximum Gasteiger partial charge on any atom is 0.325 e. The lowest BCUT2D eigenvalue weighted by molar-refractivity contribution is -0.130. The number of hydrogen-bond acceptors (Lipinski definition) is 3. The SMILES string of the molecule is CC1(C)NC(=O)N(CCCS)C1=O. The number of nitrogens with zero attached hydrogens (tertiary/aromatic N) is 1. The molecule has 0 aromatic rings. The molecule has 0 aromatic carbocycles. The Morgan fingerprint density at radius 1 is 1.46 bits per heavy atom. The van der Waals surface area contributed by atoms with Gasteiger partial charge < -0.3 is 5.32 Å². The lowest BCUT2D eigenvalue weighted by Crippen LogP contribution is -2.40. The molecule has 1 saturated heterocycles. The van der Waals surface area contributed by atoms with Crippen molar-refractivity contribution in [1.29, 1.82) is 0 Å². The van der Waals surface area contributed by atoms with Crippen LogP contribution in [0.15, 0.2) is 0 Å². The number of imide groups is 1. The van der Waals surface area contributed by atoms with Gasteiger partial charge in [-0.05, 0) is 26.0 Å². The van der Waals surface area contributed by atoms with Crippen LogP contribution >= 0.6 is 12.6 Å². The maximum atomic E-state index is 11.6. The molecular weight excluding hydrogens is 188 g/mol. The van der Waals surface area contributed by atoms with Gasteiger partial charge in [0.15, 0.2) is 0 Å². The van der Waals surface area contributed by atoms with Crippen LogP contribution in [-0.4, -0.2) is 34.7 Å². The number of urea groups is 1.